The van der Waals surface area contributed by atoms with Crippen molar-refractivity contribution in [1.29, 1.82) is 0 Å². The summed E-state index contributed by atoms with van der Waals surface area (Å²) in [7, 11) is 0. The maximum Gasteiger partial charge on any atom is 0.259 e. The van der Waals surface area contributed by atoms with Gasteiger partial charge < -0.3 is 5.32 Å². The molecule has 18 heavy (non-hydrogen) atoms. The summed E-state index contributed by atoms with van der Waals surface area (Å²) in [5.74, 6) is -0.138. The second-order valence-corrected chi connectivity index (χ2v) is 5.04. The zero-order valence-electron chi connectivity index (χ0n) is 10.4. The Kier molecular flexibility index (Phi) is 3.94. The quantitative estimate of drug-likeness (QED) is 0.889. The molecule has 0 radical (unpaired) electrons. The van der Waals surface area contributed by atoms with Crippen LogP contribution in [0, 0.1) is 6.92 Å². The monoisotopic (exact) mass is 261 g/mol. The fourth-order valence-corrected chi connectivity index (χ4v) is 2.26. The number of hydrogen-bond donors (Lipinski definition) is 2. The third-order valence-corrected chi connectivity index (χ3v) is 3.21. The molecule has 0 saturated heterocycles. The number of benzene rings is 1. The standard InChI is InChI=1S/C13H15N3OS/c1-3-14-11-7-5-4-6-10(11)12(17)16-13-15-8-9(2)18-13/h4-8,14H,3H2,1-2H3,(H,15,16,17). The number of aryl methyl sites for hydroxylation is 1. The van der Waals surface area contributed by atoms with E-state index in [0.717, 1.165) is 17.1 Å². The maximum absolute atomic E-state index is 12.1. The number of hydrogen-bond acceptors (Lipinski definition) is 4. The predicted octanol–water partition coefficient (Wildman–Crippen LogP) is 3.14. The summed E-state index contributed by atoms with van der Waals surface area (Å²) in [6.07, 6.45) is 1.75. The highest BCUT2D eigenvalue weighted by Crippen LogP contribution is 2.20. The highest BCUT2D eigenvalue weighted by atomic mass is 32.1. The van der Waals surface area contributed by atoms with Gasteiger partial charge in [-0.2, -0.15) is 0 Å². The van der Waals surface area contributed by atoms with Gasteiger partial charge in [0.05, 0.1) is 5.56 Å². The third kappa shape index (κ3) is 2.87. The van der Waals surface area contributed by atoms with E-state index in [9.17, 15) is 4.79 Å². The van der Waals surface area contributed by atoms with Crippen LogP contribution in [0.2, 0.25) is 0 Å². The first-order valence-corrected chi connectivity index (χ1v) is 6.59. The molecule has 0 unspecified atom stereocenters. The summed E-state index contributed by atoms with van der Waals surface area (Å²) < 4.78 is 0. The van der Waals surface area contributed by atoms with E-state index in [0.29, 0.717) is 10.7 Å². The summed E-state index contributed by atoms with van der Waals surface area (Å²) in [6, 6.07) is 7.45. The third-order valence-electron chi connectivity index (χ3n) is 2.38. The minimum absolute atomic E-state index is 0.138. The van der Waals surface area contributed by atoms with Crippen molar-refractivity contribution in [2.45, 2.75) is 13.8 Å². The van der Waals surface area contributed by atoms with E-state index in [2.05, 4.69) is 15.6 Å². The molecule has 0 spiro atoms. The van der Waals surface area contributed by atoms with Crippen LogP contribution >= 0.6 is 11.3 Å². The molecule has 1 aromatic carbocycles. The van der Waals surface area contributed by atoms with Gasteiger partial charge >= 0.3 is 0 Å². The number of rotatable bonds is 4. The largest absolute Gasteiger partial charge is 0.385 e. The van der Waals surface area contributed by atoms with Crippen molar-refractivity contribution in [3.05, 3.63) is 40.9 Å². The van der Waals surface area contributed by atoms with E-state index in [1.807, 2.05) is 32.0 Å². The van der Waals surface area contributed by atoms with Crippen molar-refractivity contribution in [1.82, 2.24) is 4.98 Å². The van der Waals surface area contributed by atoms with Gasteiger partial charge in [0.25, 0.3) is 5.91 Å². The molecule has 2 N–H and O–H groups in total. The summed E-state index contributed by atoms with van der Waals surface area (Å²) in [5.41, 5.74) is 1.47. The van der Waals surface area contributed by atoms with Gasteiger partial charge in [-0.15, -0.1) is 11.3 Å². The van der Waals surface area contributed by atoms with Crippen LogP contribution in [-0.4, -0.2) is 17.4 Å². The molecule has 0 aliphatic carbocycles. The SMILES string of the molecule is CCNc1ccccc1C(=O)Nc1ncc(C)s1. The molecule has 0 bridgehead atoms. The van der Waals surface area contributed by atoms with Crippen LogP contribution in [0.15, 0.2) is 30.5 Å². The van der Waals surface area contributed by atoms with Gasteiger partial charge in [-0.25, -0.2) is 4.98 Å². The molecular formula is C13H15N3OS. The normalized spacial score (nSPS) is 10.1. The number of amides is 1. The Labute approximate surface area is 110 Å². The fourth-order valence-electron chi connectivity index (χ4n) is 1.60. The second kappa shape index (κ2) is 5.64. The Morgan fingerprint density at radius 2 is 2.17 bits per heavy atom. The van der Waals surface area contributed by atoms with E-state index >= 15 is 0 Å². The second-order valence-electron chi connectivity index (χ2n) is 3.81. The average molecular weight is 261 g/mol. The summed E-state index contributed by atoms with van der Waals surface area (Å²) >= 11 is 1.47. The number of carbonyl (C=O) groups is 1. The fraction of sp³-hybridized carbons (Fsp3) is 0.231. The van der Waals surface area contributed by atoms with Gasteiger partial charge in [0.15, 0.2) is 5.13 Å². The lowest BCUT2D eigenvalue weighted by atomic mass is 10.1. The molecule has 2 aromatic rings. The molecule has 0 aliphatic heterocycles. The van der Waals surface area contributed by atoms with Crippen molar-refractivity contribution < 1.29 is 4.79 Å². The van der Waals surface area contributed by atoms with Crippen LogP contribution in [0.25, 0.3) is 0 Å². The Morgan fingerprint density at radius 1 is 1.39 bits per heavy atom. The zero-order valence-corrected chi connectivity index (χ0v) is 11.2. The molecular weight excluding hydrogens is 246 g/mol. The van der Waals surface area contributed by atoms with Crippen LogP contribution in [-0.2, 0) is 0 Å². The van der Waals surface area contributed by atoms with E-state index in [1.165, 1.54) is 11.3 Å². The van der Waals surface area contributed by atoms with Crippen LogP contribution in [0.1, 0.15) is 22.2 Å². The number of carbonyl (C=O) groups excluding carboxylic acids is 1. The first kappa shape index (κ1) is 12.6. The van der Waals surface area contributed by atoms with E-state index in [1.54, 1.807) is 12.3 Å². The topological polar surface area (TPSA) is 54.0 Å². The van der Waals surface area contributed by atoms with Gasteiger partial charge in [0, 0.05) is 23.3 Å². The molecule has 1 amide bonds. The van der Waals surface area contributed by atoms with E-state index < -0.39 is 0 Å². The number of nitrogens with zero attached hydrogens (tertiary/aromatic N) is 1. The van der Waals surface area contributed by atoms with Crippen LogP contribution in [0.4, 0.5) is 10.8 Å². The summed E-state index contributed by atoms with van der Waals surface area (Å²) in [4.78, 5) is 17.3. The van der Waals surface area contributed by atoms with Gasteiger partial charge in [0.1, 0.15) is 0 Å². The Bertz CT molecular complexity index is 551. The molecule has 0 fully saturated rings. The minimum Gasteiger partial charge on any atom is -0.385 e. The molecule has 0 aliphatic rings. The molecule has 2 rings (SSSR count). The summed E-state index contributed by atoms with van der Waals surface area (Å²) in [5, 5.41) is 6.61. The van der Waals surface area contributed by atoms with Crippen molar-refractivity contribution in [3.8, 4) is 0 Å². The summed E-state index contributed by atoms with van der Waals surface area (Å²) in [6.45, 7) is 4.74. The van der Waals surface area contributed by atoms with Crippen LogP contribution < -0.4 is 10.6 Å². The van der Waals surface area contributed by atoms with Crippen molar-refractivity contribution in [2.75, 3.05) is 17.2 Å². The zero-order chi connectivity index (χ0) is 13.0. The smallest absolute Gasteiger partial charge is 0.259 e. The molecule has 4 nitrogen and oxygen atoms in total. The van der Waals surface area contributed by atoms with Crippen molar-refractivity contribution >= 4 is 28.1 Å². The number of para-hydroxylation sites is 1. The van der Waals surface area contributed by atoms with Gasteiger partial charge in [-0.1, -0.05) is 12.1 Å². The maximum atomic E-state index is 12.1. The number of aromatic nitrogens is 1. The number of thiazole rings is 1. The molecule has 0 atom stereocenters. The van der Waals surface area contributed by atoms with Gasteiger partial charge in [0.2, 0.25) is 0 Å². The van der Waals surface area contributed by atoms with Crippen molar-refractivity contribution in [2.24, 2.45) is 0 Å². The van der Waals surface area contributed by atoms with E-state index in [4.69, 9.17) is 0 Å². The first-order chi connectivity index (χ1) is 8.70. The highest BCUT2D eigenvalue weighted by molar-refractivity contribution is 7.15. The van der Waals surface area contributed by atoms with Crippen molar-refractivity contribution in [3.63, 3.8) is 0 Å². The number of anilines is 2. The lowest BCUT2D eigenvalue weighted by Gasteiger charge is -2.09. The number of nitrogens with one attached hydrogen (secondary N) is 2. The van der Waals surface area contributed by atoms with Gasteiger partial charge in [-0.3, -0.25) is 10.1 Å². The molecule has 1 heterocycles. The highest BCUT2D eigenvalue weighted by Gasteiger charge is 2.11. The lowest BCUT2D eigenvalue weighted by molar-refractivity contribution is 0.102. The Balaban J connectivity index is 2.18. The Hall–Kier alpha value is -1.88. The molecule has 0 saturated carbocycles. The van der Waals surface area contributed by atoms with Gasteiger partial charge in [-0.05, 0) is 26.0 Å². The minimum atomic E-state index is -0.138. The average Bonchev–Trinajstić information content (AvgIpc) is 2.76. The van der Waals surface area contributed by atoms with Crippen LogP contribution in [0.3, 0.4) is 0 Å². The van der Waals surface area contributed by atoms with Crippen LogP contribution in [0.5, 0.6) is 0 Å². The molecule has 1 aromatic heterocycles. The van der Waals surface area contributed by atoms with E-state index in [-0.39, 0.29) is 5.91 Å². The first-order valence-electron chi connectivity index (χ1n) is 5.77. The predicted molar refractivity (Wildman–Crippen MR) is 75.4 cm³/mol. The molecule has 94 valence electrons. The lowest BCUT2D eigenvalue weighted by Crippen LogP contribution is -2.14. The Morgan fingerprint density at radius 3 is 2.83 bits per heavy atom. The molecule has 5 heteroatoms.